The zero-order valence-electron chi connectivity index (χ0n) is 23.6. The van der Waals surface area contributed by atoms with E-state index >= 15 is 0 Å². The Hall–Kier alpha value is -4.32. The lowest BCUT2D eigenvalue weighted by Crippen LogP contribution is -2.28. The van der Waals surface area contributed by atoms with E-state index in [0.29, 0.717) is 37.0 Å². The van der Waals surface area contributed by atoms with Crippen molar-refractivity contribution in [3.8, 4) is 11.8 Å². The second-order valence-corrected chi connectivity index (χ2v) is 10.7. The van der Waals surface area contributed by atoms with Gasteiger partial charge in [0.1, 0.15) is 17.5 Å². The number of anilines is 1. The first-order valence-corrected chi connectivity index (χ1v) is 12.9. The topological polar surface area (TPSA) is 127 Å². The molecule has 1 aromatic heterocycles. The van der Waals surface area contributed by atoms with E-state index in [2.05, 4.69) is 43.3 Å². The van der Waals surface area contributed by atoms with Crippen molar-refractivity contribution in [2.24, 2.45) is 11.3 Å². The van der Waals surface area contributed by atoms with Crippen molar-refractivity contribution < 1.29 is 19.1 Å². The molecule has 2 heterocycles. The molecule has 208 valence electrons. The molecular weight excluding hydrogens is 494 g/mol. The minimum absolute atomic E-state index is 0.0965. The third-order valence-corrected chi connectivity index (χ3v) is 5.46. The first kappa shape index (κ1) is 30.9. The summed E-state index contributed by atoms with van der Waals surface area (Å²) in [5.41, 5.74) is 2.68. The maximum absolute atomic E-state index is 12.0. The summed E-state index contributed by atoms with van der Waals surface area (Å²) in [6.45, 7) is 11.6. The Labute approximate surface area is 230 Å². The van der Waals surface area contributed by atoms with Crippen molar-refractivity contribution in [1.29, 1.82) is 5.26 Å². The van der Waals surface area contributed by atoms with Crippen molar-refractivity contribution in [3.05, 3.63) is 60.3 Å². The molecule has 3 aromatic rings. The number of hydrogen-bond donors (Lipinski definition) is 3. The largest absolute Gasteiger partial charge is 0.496 e. The number of H-pyrrole nitrogens is 1. The number of nitrogens with one attached hydrogen (secondary N) is 3. The SMILES string of the molecule is CC(C)(C)C.CCNC(=O)c1cc2c(OC)cccc2[nH]1.N#CC1CC(C(=O)Nc2ccccc2)CN1C=O. The zero-order chi connectivity index (χ0) is 29.0. The number of para-hydroxylation sites is 1. The van der Waals surface area contributed by atoms with E-state index in [1.807, 2.05) is 49.4 Å². The van der Waals surface area contributed by atoms with Crippen molar-refractivity contribution in [3.63, 3.8) is 0 Å². The van der Waals surface area contributed by atoms with E-state index in [1.54, 1.807) is 25.3 Å². The molecule has 0 radical (unpaired) electrons. The summed E-state index contributed by atoms with van der Waals surface area (Å²) in [5, 5.41) is 15.3. The first-order chi connectivity index (χ1) is 18.5. The molecular formula is C30H39N5O4. The number of hydrogen-bond acceptors (Lipinski definition) is 5. The molecule has 0 aliphatic carbocycles. The number of carbonyl (C=O) groups is 3. The molecule has 0 spiro atoms. The number of fused-ring (bicyclic) bond motifs is 1. The van der Waals surface area contributed by atoms with Gasteiger partial charge in [-0.15, -0.1) is 0 Å². The highest BCUT2D eigenvalue weighted by molar-refractivity contribution is 5.99. The van der Waals surface area contributed by atoms with Gasteiger partial charge in [0, 0.05) is 29.7 Å². The van der Waals surface area contributed by atoms with Gasteiger partial charge in [0.15, 0.2) is 0 Å². The Balaban J connectivity index is 0.000000235. The normalized spacial score (nSPS) is 16.1. The van der Waals surface area contributed by atoms with Crippen LogP contribution < -0.4 is 15.4 Å². The molecule has 2 aromatic carbocycles. The van der Waals surface area contributed by atoms with E-state index in [4.69, 9.17) is 10.00 Å². The van der Waals surface area contributed by atoms with Crippen LogP contribution in [-0.4, -0.2) is 54.3 Å². The predicted molar refractivity (Wildman–Crippen MR) is 153 cm³/mol. The van der Waals surface area contributed by atoms with E-state index in [-0.39, 0.29) is 17.7 Å². The molecule has 4 rings (SSSR count). The predicted octanol–water partition coefficient (Wildman–Crippen LogP) is 4.97. The quantitative estimate of drug-likeness (QED) is 0.385. The Morgan fingerprint density at radius 3 is 2.36 bits per heavy atom. The third kappa shape index (κ3) is 9.82. The Morgan fingerprint density at radius 1 is 1.15 bits per heavy atom. The minimum atomic E-state index is -0.492. The number of amides is 3. The van der Waals surface area contributed by atoms with E-state index in [0.717, 1.165) is 22.3 Å². The molecule has 1 aliphatic heterocycles. The maximum atomic E-state index is 12.0. The van der Waals surface area contributed by atoms with Crippen LogP contribution in [0.2, 0.25) is 0 Å². The number of rotatable bonds is 6. The molecule has 3 amide bonds. The van der Waals surface area contributed by atoms with Gasteiger partial charge < -0.3 is 25.3 Å². The number of aromatic nitrogens is 1. The van der Waals surface area contributed by atoms with Crippen LogP contribution in [0.5, 0.6) is 5.75 Å². The van der Waals surface area contributed by atoms with Gasteiger partial charge in [-0.1, -0.05) is 52.0 Å². The summed E-state index contributed by atoms with van der Waals surface area (Å²) in [7, 11) is 1.62. The second-order valence-electron chi connectivity index (χ2n) is 10.7. The van der Waals surface area contributed by atoms with Crippen molar-refractivity contribution >= 4 is 34.8 Å². The number of nitriles is 1. The van der Waals surface area contributed by atoms with Crippen LogP contribution in [-0.2, 0) is 9.59 Å². The molecule has 2 atom stereocenters. The zero-order valence-corrected chi connectivity index (χ0v) is 23.6. The monoisotopic (exact) mass is 533 g/mol. The number of nitrogens with zero attached hydrogens (tertiary/aromatic N) is 2. The lowest BCUT2D eigenvalue weighted by Gasteiger charge is -2.12. The van der Waals surface area contributed by atoms with Gasteiger partial charge in [-0.05, 0) is 49.1 Å². The van der Waals surface area contributed by atoms with Gasteiger partial charge in [0.05, 0.1) is 19.1 Å². The van der Waals surface area contributed by atoms with E-state index in [1.165, 1.54) is 4.90 Å². The summed E-state index contributed by atoms with van der Waals surface area (Å²) in [6, 6.07) is 18.1. The fraction of sp³-hybridized carbons (Fsp3) is 0.400. The molecule has 1 fully saturated rings. The van der Waals surface area contributed by atoms with E-state index < -0.39 is 6.04 Å². The number of ether oxygens (including phenoxy) is 1. The molecule has 9 nitrogen and oxygen atoms in total. The third-order valence-electron chi connectivity index (χ3n) is 5.46. The molecule has 1 aliphatic rings. The van der Waals surface area contributed by atoms with Crippen LogP contribution >= 0.6 is 0 Å². The average molecular weight is 534 g/mol. The standard InChI is InChI=1S/C13H13N3O2.C12H14N2O2.C5H12/c14-7-12-6-10(8-16(12)9-17)13(18)15-11-4-2-1-3-5-11;1-3-13-12(15)10-7-8-9(14-10)5-4-6-11(8)16-2;1-5(2,3)4/h1-5,9-10,12H,6,8H2,(H,15,18);4-7,14H,3H2,1-2H3,(H,13,15);1-4H3. The van der Waals surface area contributed by atoms with Gasteiger partial charge in [0.25, 0.3) is 5.91 Å². The number of aromatic amines is 1. The number of benzene rings is 2. The smallest absolute Gasteiger partial charge is 0.267 e. The Kier molecular flexibility index (Phi) is 11.5. The molecule has 0 saturated carbocycles. The molecule has 1 saturated heterocycles. The van der Waals surface area contributed by atoms with Crippen LogP contribution in [0.15, 0.2) is 54.6 Å². The highest BCUT2D eigenvalue weighted by Gasteiger charge is 2.35. The fourth-order valence-corrected chi connectivity index (χ4v) is 3.74. The summed E-state index contributed by atoms with van der Waals surface area (Å²) < 4.78 is 5.23. The number of likely N-dealkylation sites (tertiary alicyclic amines) is 1. The van der Waals surface area contributed by atoms with Crippen LogP contribution in [0.1, 0.15) is 51.5 Å². The van der Waals surface area contributed by atoms with Gasteiger partial charge in [-0.3, -0.25) is 14.4 Å². The lowest BCUT2D eigenvalue weighted by molar-refractivity contribution is -0.120. The van der Waals surface area contributed by atoms with Crippen LogP contribution in [0, 0.1) is 22.7 Å². The average Bonchev–Trinajstić information content (AvgIpc) is 3.53. The van der Waals surface area contributed by atoms with Crippen molar-refractivity contribution in [1.82, 2.24) is 15.2 Å². The number of methoxy groups -OCH3 is 1. The van der Waals surface area contributed by atoms with E-state index in [9.17, 15) is 14.4 Å². The van der Waals surface area contributed by atoms with Crippen LogP contribution in [0.3, 0.4) is 0 Å². The lowest BCUT2D eigenvalue weighted by atomic mass is 10.0. The minimum Gasteiger partial charge on any atom is -0.496 e. The van der Waals surface area contributed by atoms with Gasteiger partial charge >= 0.3 is 0 Å². The summed E-state index contributed by atoms with van der Waals surface area (Å²) >= 11 is 0. The van der Waals surface area contributed by atoms with Gasteiger partial charge in [-0.25, -0.2) is 0 Å². The highest BCUT2D eigenvalue weighted by Crippen LogP contribution is 2.26. The van der Waals surface area contributed by atoms with Crippen LogP contribution in [0.4, 0.5) is 5.69 Å². The van der Waals surface area contributed by atoms with Crippen molar-refractivity contribution in [2.45, 2.75) is 47.1 Å². The second kappa shape index (κ2) is 14.6. The molecule has 39 heavy (non-hydrogen) atoms. The Morgan fingerprint density at radius 2 is 1.82 bits per heavy atom. The molecule has 3 N–H and O–H groups in total. The van der Waals surface area contributed by atoms with Gasteiger partial charge in [-0.2, -0.15) is 5.26 Å². The summed E-state index contributed by atoms with van der Waals surface area (Å²) in [6.07, 6.45) is 1.03. The van der Waals surface area contributed by atoms with Gasteiger partial charge in [0.2, 0.25) is 12.3 Å². The molecule has 9 heteroatoms. The first-order valence-electron chi connectivity index (χ1n) is 12.9. The number of carbonyl (C=O) groups excluding carboxylic acids is 3. The molecule has 0 bridgehead atoms. The summed E-state index contributed by atoms with van der Waals surface area (Å²) in [4.78, 5) is 38.8. The summed E-state index contributed by atoms with van der Waals surface area (Å²) in [5.74, 6) is 0.205. The maximum Gasteiger partial charge on any atom is 0.267 e. The fourth-order valence-electron chi connectivity index (χ4n) is 3.74. The Bertz CT molecular complexity index is 1270. The molecule has 2 unspecified atom stereocenters. The highest BCUT2D eigenvalue weighted by atomic mass is 16.5. The van der Waals surface area contributed by atoms with Crippen molar-refractivity contribution in [2.75, 3.05) is 25.5 Å². The van der Waals surface area contributed by atoms with Crippen LogP contribution in [0.25, 0.3) is 10.9 Å².